The monoisotopic (exact) mass is 359 g/mol. The zero-order valence-electron chi connectivity index (χ0n) is 14.4. The van der Waals surface area contributed by atoms with Crippen LogP contribution in [0, 0.1) is 0 Å². The average Bonchev–Trinajstić information content (AvgIpc) is 2.72. The van der Waals surface area contributed by atoms with Gasteiger partial charge in [0.2, 0.25) is 6.10 Å². The Bertz CT molecular complexity index is 968. The summed E-state index contributed by atoms with van der Waals surface area (Å²) in [7, 11) is 0. The molecule has 5 nitrogen and oxygen atoms in total. The van der Waals surface area contributed by atoms with Gasteiger partial charge in [-0.15, -0.1) is 0 Å². The second kappa shape index (κ2) is 8.10. The van der Waals surface area contributed by atoms with Crippen LogP contribution in [0.3, 0.4) is 0 Å². The maximum atomic E-state index is 12.8. The van der Waals surface area contributed by atoms with E-state index in [1.54, 1.807) is 78.9 Å². The van der Waals surface area contributed by atoms with Crippen LogP contribution in [0.4, 0.5) is 0 Å². The molecule has 0 aliphatic rings. The molecule has 0 aliphatic carbocycles. The maximum absolute atomic E-state index is 12.8. The molecule has 0 saturated carbocycles. The number of rotatable bonds is 6. The van der Waals surface area contributed by atoms with E-state index in [-0.39, 0.29) is 16.9 Å². The molecule has 3 rings (SSSR count). The standard InChI is InChI=1S/C22H17NO4/c23-21(25)20(16-11-5-2-6-12-16)27-22(26)18-14-8-7-13-17(18)19(24)15-9-3-1-4-10-15/h1-14,20H,(H2,23,25). The highest BCUT2D eigenvalue weighted by molar-refractivity contribution is 6.14. The number of primary amides is 1. The molecule has 0 heterocycles. The molecule has 3 aromatic rings. The number of carbonyl (C=O) groups is 3. The number of benzene rings is 3. The first kappa shape index (κ1) is 18.1. The normalized spacial score (nSPS) is 11.4. The van der Waals surface area contributed by atoms with E-state index in [4.69, 9.17) is 10.5 Å². The summed E-state index contributed by atoms with van der Waals surface area (Å²) in [6, 6.07) is 23.4. The van der Waals surface area contributed by atoms with Gasteiger partial charge in [0.1, 0.15) is 0 Å². The Balaban J connectivity index is 1.91. The van der Waals surface area contributed by atoms with E-state index in [1.807, 2.05) is 0 Å². The van der Waals surface area contributed by atoms with Crippen molar-refractivity contribution >= 4 is 17.7 Å². The van der Waals surface area contributed by atoms with Crippen molar-refractivity contribution in [2.45, 2.75) is 6.10 Å². The van der Waals surface area contributed by atoms with Crippen molar-refractivity contribution in [1.82, 2.24) is 0 Å². The van der Waals surface area contributed by atoms with Gasteiger partial charge in [-0.3, -0.25) is 9.59 Å². The fourth-order valence-electron chi connectivity index (χ4n) is 2.69. The minimum absolute atomic E-state index is 0.0773. The molecule has 2 N–H and O–H groups in total. The first-order valence-electron chi connectivity index (χ1n) is 8.32. The van der Waals surface area contributed by atoms with Gasteiger partial charge in [0.25, 0.3) is 5.91 Å². The van der Waals surface area contributed by atoms with E-state index in [9.17, 15) is 14.4 Å². The molecule has 1 unspecified atom stereocenters. The van der Waals surface area contributed by atoms with Crippen molar-refractivity contribution in [3.05, 3.63) is 107 Å². The lowest BCUT2D eigenvalue weighted by Gasteiger charge is -2.16. The van der Waals surface area contributed by atoms with Gasteiger partial charge in [0.05, 0.1) is 5.56 Å². The number of hydrogen-bond acceptors (Lipinski definition) is 4. The van der Waals surface area contributed by atoms with Crippen LogP contribution in [0.5, 0.6) is 0 Å². The van der Waals surface area contributed by atoms with Crippen molar-refractivity contribution in [2.24, 2.45) is 5.73 Å². The summed E-state index contributed by atoms with van der Waals surface area (Å²) in [6.07, 6.45) is -1.24. The van der Waals surface area contributed by atoms with Crippen molar-refractivity contribution in [3.63, 3.8) is 0 Å². The highest BCUT2D eigenvalue weighted by atomic mass is 16.5. The summed E-state index contributed by atoms with van der Waals surface area (Å²) in [5.41, 5.74) is 6.59. The molecule has 0 aromatic heterocycles. The molecular weight excluding hydrogens is 342 g/mol. The quantitative estimate of drug-likeness (QED) is 0.540. The highest BCUT2D eigenvalue weighted by Crippen LogP contribution is 2.21. The predicted molar refractivity (Wildman–Crippen MR) is 100 cm³/mol. The van der Waals surface area contributed by atoms with E-state index in [1.165, 1.54) is 6.07 Å². The van der Waals surface area contributed by atoms with Crippen LogP contribution in [-0.4, -0.2) is 17.7 Å². The van der Waals surface area contributed by atoms with E-state index < -0.39 is 18.0 Å². The van der Waals surface area contributed by atoms with Gasteiger partial charge < -0.3 is 10.5 Å². The minimum atomic E-state index is -1.24. The number of nitrogens with two attached hydrogens (primary N) is 1. The molecule has 1 amide bonds. The fourth-order valence-corrected chi connectivity index (χ4v) is 2.69. The third-order valence-corrected chi connectivity index (χ3v) is 4.01. The number of ketones is 1. The third kappa shape index (κ3) is 4.10. The topological polar surface area (TPSA) is 86.5 Å². The van der Waals surface area contributed by atoms with E-state index in [0.29, 0.717) is 11.1 Å². The third-order valence-electron chi connectivity index (χ3n) is 4.01. The Morgan fingerprint density at radius 1 is 0.704 bits per heavy atom. The number of esters is 1. The van der Waals surface area contributed by atoms with Gasteiger partial charge in [0, 0.05) is 16.7 Å². The molecule has 134 valence electrons. The zero-order chi connectivity index (χ0) is 19.2. The molecule has 0 bridgehead atoms. The van der Waals surface area contributed by atoms with Crippen LogP contribution in [0.2, 0.25) is 0 Å². The Kier molecular flexibility index (Phi) is 5.42. The molecule has 27 heavy (non-hydrogen) atoms. The Labute approximate surface area is 156 Å². The zero-order valence-corrected chi connectivity index (χ0v) is 14.4. The Morgan fingerprint density at radius 2 is 1.22 bits per heavy atom. The Morgan fingerprint density at radius 3 is 1.81 bits per heavy atom. The van der Waals surface area contributed by atoms with Crippen LogP contribution < -0.4 is 5.73 Å². The molecule has 3 aromatic carbocycles. The predicted octanol–water partition coefficient (Wildman–Crippen LogP) is 3.30. The lowest BCUT2D eigenvalue weighted by molar-refractivity contribution is -0.127. The van der Waals surface area contributed by atoms with Crippen LogP contribution in [0.15, 0.2) is 84.9 Å². The van der Waals surface area contributed by atoms with Gasteiger partial charge in [-0.25, -0.2) is 4.79 Å². The van der Waals surface area contributed by atoms with Gasteiger partial charge in [0.15, 0.2) is 5.78 Å². The van der Waals surface area contributed by atoms with Crippen LogP contribution in [0.25, 0.3) is 0 Å². The molecule has 0 fully saturated rings. The first-order chi connectivity index (χ1) is 13.1. The fraction of sp³-hybridized carbons (Fsp3) is 0.0455. The van der Waals surface area contributed by atoms with Crippen LogP contribution in [-0.2, 0) is 9.53 Å². The first-order valence-corrected chi connectivity index (χ1v) is 8.32. The van der Waals surface area contributed by atoms with E-state index in [0.717, 1.165) is 0 Å². The van der Waals surface area contributed by atoms with Gasteiger partial charge >= 0.3 is 5.97 Å². The number of ether oxygens (including phenoxy) is 1. The van der Waals surface area contributed by atoms with Crippen LogP contribution in [0.1, 0.15) is 37.9 Å². The summed E-state index contributed by atoms with van der Waals surface area (Å²) >= 11 is 0. The van der Waals surface area contributed by atoms with Gasteiger partial charge in [-0.1, -0.05) is 78.9 Å². The lowest BCUT2D eigenvalue weighted by Crippen LogP contribution is -2.26. The molecule has 0 aliphatic heterocycles. The average molecular weight is 359 g/mol. The number of hydrogen-bond donors (Lipinski definition) is 1. The van der Waals surface area contributed by atoms with Crippen molar-refractivity contribution in [1.29, 1.82) is 0 Å². The van der Waals surface area contributed by atoms with Gasteiger partial charge in [-0.05, 0) is 6.07 Å². The van der Waals surface area contributed by atoms with Crippen LogP contribution >= 0.6 is 0 Å². The number of carbonyl (C=O) groups excluding carboxylic acids is 3. The minimum Gasteiger partial charge on any atom is -0.444 e. The lowest BCUT2D eigenvalue weighted by atomic mass is 9.98. The number of amides is 1. The summed E-state index contributed by atoms with van der Waals surface area (Å²) in [6.45, 7) is 0. The molecule has 1 atom stereocenters. The molecular formula is C22H17NO4. The van der Waals surface area contributed by atoms with Crippen molar-refractivity contribution in [2.75, 3.05) is 0 Å². The maximum Gasteiger partial charge on any atom is 0.340 e. The highest BCUT2D eigenvalue weighted by Gasteiger charge is 2.26. The second-order valence-electron chi connectivity index (χ2n) is 5.84. The smallest absolute Gasteiger partial charge is 0.340 e. The molecule has 5 heteroatoms. The van der Waals surface area contributed by atoms with Gasteiger partial charge in [-0.2, -0.15) is 0 Å². The summed E-state index contributed by atoms with van der Waals surface area (Å²) < 4.78 is 5.35. The van der Waals surface area contributed by atoms with E-state index in [2.05, 4.69) is 0 Å². The molecule has 0 radical (unpaired) electrons. The summed E-state index contributed by atoms with van der Waals surface area (Å²) in [5.74, 6) is -1.89. The van der Waals surface area contributed by atoms with E-state index >= 15 is 0 Å². The summed E-state index contributed by atoms with van der Waals surface area (Å²) in [4.78, 5) is 37.3. The van der Waals surface area contributed by atoms with Crippen molar-refractivity contribution in [3.8, 4) is 0 Å². The second-order valence-corrected chi connectivity index (χ2v) is 5.84. The SMILES string of the molecule is NC(=O)C(OC(=O)c1ccccc1C(=O)c1ccccc1)c1ccccc1. The molecule has 0 spiro atoms. The van der Waals surface area contributed by atoms with Crippen molar-refractivity contribution < 1.29 is 19.1 Å². The summed E-state index contributed by atoms with van der Waals surface area (Å²) in [5, 5.41) is 0. The Hall–Kier alpha value is -3.73. The molecule has 0 saturated heterocycles. The largest absolute Gasteiger partial charge is 0.444 e.